The number of allylic oxidation sites excluding steroid dienone is 1. The molecule has 1 aliphatic rings. The van der Waals surface area contributed by atoms with Gasteiger partial charge >= 0.3 is 5.97 Å². The van der Waals surface area contributed by atoms with E-state index in [9.17, 15) is 9.59 Å². The standard InChI is InChI=1S/C18H14O5S/c1-22-14-8-11(6-7-13(14)23-10-17(19)20)9-16-18(21)12-4-2-3-5-15(12)24-16/h2-9H,10H2,1H3,(H,19,20)/b16-9+. The Morgan fingerprint density at radius 3 is 2.71 bits per heavy atom. The van der Waals surface area contributed by atoms with Gasteiger partial charge in [-0.1, -0.05) is 30.0 Å². The largest absolute Gasteiger partial charge is 0.493 e. The van der Waals surface area contributed by atoms with E-state index in [1.807, 2.05) is 24.3 Å². The summed E-state index contributed by atoms with van der Waals surface area (Å²) in [5.74, 6) is -0.302. The second-order valence-electron chi connectivity index (χ2n) is 5.03. The van der Waals surface area contributed by atoms with E-state index in [-0.39, 0.29) is 5.78 Å². The first-order chi connectivity index (χ1) is 11.6. The monoisotopic (exact) mass is 342 g/mol. The predicted octanol–water partition coefficient (Wildman–Crippen LogP) is 3.49. The van der Waals surface area contributed by atoms with Gasteiger partial charge in [-0.25, -0.2) is 4.79 Å². The van der Waals surface area contributed by atoms with Crippen molar-refractivity contribution >= 4 is 29.6 Å². The maximum Gasteiger partial charge on any atom is 0.341 e. The lowest BCUT2D eigenvalue weighted by Gasteiger charge is -2.09. The fourth-order valence-electron chi connectivity index (χ4n) is 2.32. The summed E-state index contributed by atoms with van der Waals surface area (Å²) in [5.41, 5.74) is 1.49. The van der Waals surface area contributed by atoms with E-state index >= 15 is 0 Å². The van der Waals surface area contributed by atoms with Gasteiger partial charge in [0, 0.05) is 10.5 Å². The molecule has 0 radical (unpaired) electrons. The first-order valence-electron chi connectivity index (χ1n) is 7.14. The highest BCUT2D eigenvalue weighted by molar-refractivity contribution is 8.04. The van der Waals surface area contributed by atoms with Crippen LogP contribution in [0.3, 0.4) is 0 Å². The number of carbonyl (C=O) groups excluding carboxylic acids is 1. The Morgan fingerprint density at radius 2 is 2.00 bits per heavy atom. The average Bonchev–Trinajstić information content (AvgIpc) is 2.89. The maximum atomic E-state index is 12.4. The smallest absolute Gasteiger partial charge is 0.341 e. The fourth-order valence-corrected chi connectivity index (χ4v) is 3.37. The summed E-state index contributed by atoms with van der Waals surface area (Å²) >= 11 is 1.43. The normalized spacial score (nSPS) is 14.5. The van der Waals surface area contributed by atoms with Crippen molar-refractivity contribution in [2.24, 2.45) is 0 Å². The quantitative estimate of drug-likeness (QED) is 0.839. The lowest BCUT2D eigenvalue weighted by molar-refractivity contribution is -0.139. The predicted molar refractivity (Wildman–Crippen MR) is 90.7 cm³/mol. The molecule has 2 aromatic rings. The molecule has 0 saturated carbocycles. The molecule has 0 aliphatic carbocycles. The summed E-state index contributed by atoms with van der Waals surface area (Å²) < 4.78 is 10.4. The summed E-state index contributed by atoms with van der Waals surface area (Å²) in [6.07, 6.45) is 1.79. The molecule has 0 fully saturated rings. The summed E-state index contributed by atoms with van der Waals surface area (Å²) in [6, 6.07) is 12.6. The van der Waals surface area contributed by atoms with Gasteiger partial charge in [-0.05, 0) is 35.9 Å². The molecule has 0 spiro atoms. The third-order valence-corrected chi connectivity index (χ3v) is 4.51. The van der Waals surface area contributed by atoms with Crippen LogP contribution in [0.2, 0.25) is 0 Å². The average molecular weight is 342 g/mol. The minimum Gasteiger partial charge on any atom is -0.493 e. The van der Waals surface area contributed by atoms with Gasteiger partial charge in [-0.15, -0.1) is 0 Å². The molecule has 0 unspecified atom stereocenters. The van der Waals surface area contributed by atoms with Crippen LogP contribution in [-0.2, 0) is 4.79 Å². The number of Topliss-reactive ketones (excluding diaryl/α,β-unsaturated/α-hetero) is 1. The van der Waals surface area contributed by atoms with E-state index in [1.54, 1.807) is 24.3 Å². The first-order valence-corrected chi connectivity index (χ1v) is 7.96. The van der Waals surface area contributed by atoms with Crippen LogP contribution in [-0.4, -0.2) is 30.6 Å². The number of aliphatic carboxylic acids is 1. The topological polar surface area (TPSA) is 72.8 Å². The fraction of sp³-hybridized carbons (Fsp3) is 0.111. The summed E-state index contributed by atoms with van der Waals surface area (Å²) in [5, 5.41) is 8.68. The van der Waals surface area contributed by atoms with Gasteiger partial charge in [0.2, 0.25) is 5.78 Å². The zero-order valence-electron chi connectivity index (χ0n) is 12.8. The van der Waals surface area contributed by atoms with E-state index in [2.05, 4.69) is 0 Å². The second kappa shape index (κ2) is 6.80. The van der Waals surface area contributed by atoms with Crippen molar-refractivity contribution in [1.29, 1.82) is 0 Å². The van der Waals surface area contributed by atoms with Gasteiger partial charge in [-0.3, -0.25) is 4.79 Å². The molecule has 1 heterocycles. The molecule has 6 heteroatoms. The number of thioether (sulfide) groups is 1. The van der Waals surface area contributed by atoms with Crippen LogP contribution in [0.15, 0.2) is 52.3 Å². The molecule has 3 rings (SSSR count). The Labute approximate surface area is 142 Å². The Bertz CT molecular complexity index is 841. The number of hydrogen-bond acceptors (Lipinski definition) is 5. The number of ether oxygens (including phenoxy) is 2. The third kappa shape index (κ3) is 3.28. The van der Waals surface area contributed by atoms with E-state index in [0.717, 1.165) is 10.5 Å². The van der Waals surface area contributed by atoms with Crippen molar-refractivity contribution in [3.05, 3.63) is 58.5 Å². The molecule has 5 nitrogen and oxygen atoms in total. The molecule has 0 atom stereocenters. The summed E-state index contributed by atoms with van der Waals surface area (Å²) in [4.78, 5) is 24.6. The van der Waals surface area contributed by atoms with Crippen molar-refractivity contribution in [2.45, 2.75) is 4.90 Å². The number of ketones is 1. The number of methoxy groups -OCH3 is 1. The molecular formula is C18H14O5S. The van der Waals surface area contributed by atoms with Gasteiger partial charge in [0.1, 0.15) is 0 Å². The van der Waals surface area contributed by atoms with Crippen molar-refractivity contribution in [3.63, 3.8) is 0 Å². The van der Waals surface area contributed by atoms with Crippen molar-refractivity contribution in [1.82, 2.24) is 0 Å². The van der Waals surface area contributed by atoms with Crippen LogP contribution in [0.1, 0.15) is 15.9 Å². The van der Waals surface area contributed by atoms with Gasteiger partial charge < -0.3 is 14.6 Å². The molecular weight excluding hydrogens is 328 g/mol. The SMILES string of the molecule is COc1cc(/C=C2/Sc3ccccc3C2=O)ccc1OCC(=O)O. The van der Waals surface area contributed by atoms with Crippen LogP contribution in [0.25, 0.3) is 6.08 Å². The summed E-state index contributed by atoms with van der Waals surface area (Å²) in [7, 11) is 1.48. The Balaban J connectivity index is 1.86. The van der Waals surface area contributed by atoms with Gasteiger partial charge in [-0.2, -0.15) is 0 Å². The highest BCUT2D eigenvalue weighted by Crippen LogP contribution is 2.41. The Kier molecular flexibility index (Phi) is 4.57. The van der Waals surface area contributed by atoms with Crippen LogP contribution in [0.4, 0.5) is 0 Å². The van der Waals surface area contributed by atoms with E-state index in [1.165, 1.54) is 18.9 Å². The third-order valence-electron chi connectivity index (χ3n) is 3.41. The Hall–Kier alpha value is -2.73. The molecule has 0 amide bonds. The van der Waals surface area contributed by atoms with Crippen LogP contribution < -0.4 is 9.47 Å². The highest BCUT2D eigenvalue weighted by atomic mass is 32.2. The van der Waals surface area contributed by atoms with Gasteiger partial charge in [0.25, 0.3) is 0 Å². The maximum absolute atomic E-state index is 12.4. The Morgan fingerprint density at radius 1 is 1.21 bits per heavy atom. The van der Waals surface area contributed by atoms with Crippen LogP contribution in [0, 0.1) is 0 Å². The molecule has 122 valence electrons. The molecule has 0 saturated heterocycles. The van der Waals surface area contributed by atoms with E-state index in [4.69, 9.17) is 14.6 Å². The molecule has 24 heavy (non-hydrogen) atoms. The van der Waals surface area contributed by atoms with Crippen molar-refractivity contribution in [3.8, 4) is 11.5 Å². The second-order valence-corrected chi connectivity index (χ2v) is 6.11. The molecule has 1 aliphatic heterocycles. The van der Waals surface area contributed by atoms with E-state index < -0.39 is 12.6 Å². The van der Waals surface area contributed by atoms with Crippen molar-refractivity contribution < 1.29 is 24.2 Å². The van der Waals surface area contributed by atoms with Gasteiger partial charge in [0.05, 0.1) is 12.0 Å². The number of rotatable bonds is 5. The number of carbonyl (C=O) groups is 2. The highest BCUT2D eigenvalue weighted by Gasteiger charge is 2.25. The number of carboxylic acids is 1. The lowest BCUT2D eigenvalue weighted by atomic mass is 10.1. The molecule has 2 aromatic carbocycles. The zero-order chi connectivity index (χ0) is 17.1. The number of benzene rings is 2. The minimum atomic E-state index is -1.06. The number of fused-ring (bicyclic) bond motifs is 1. The number of carboxylic acid groups (broad SMARTS) is 1. The molecule has 0 bridgehead atoms. The lowest BCUT2D eigenvalue weighted by Crippen LogP contribution is -2.10. The van der Waals surface area contributed by atoms with Crippen LogP contribution >= 0.6 is 11.8 Å². The van der Waals surface area contributed by atoms with E-state index in [0.29, 0.717) is 22.0 Å². The van der Waals surface area contributed by atoms with Gasteiger partial charge in [0.15, 0.2) is 18.1 Å². The number of hydrogen-bond donors (Lipinski definition) is 1. The molecule has 1 N–H and O–H groups in total. The van der Waals surface area contributed by atoms with Crippen LogP contribution in [0.5, 0.6) is 11.5 Å². The molecule has 0 aromatic heterocycles. The summed E-state index contributed by atoms with van der Waals surface area (Å²) in [6.45, 7) is -0.444. The minimum absolute atomic E-state index is 0.000713. The van der Waals surface area contributed by atoms with Crippen molar-refractivity contribution in [2.75, 3.05) is 13.7 Å². The first kappa shape index (κ1) is 16.1. The zero-order valence-corrected chi connectivity index (χ0v) is 13.6.